The van der Waals surface area contributed by atoms with E-state index in [9.17, 15) is 0 Å². The van der Waals surface area contributed by atoms with Gasteiger partial charge in [0.25, 0.3) is 0 Å². The topological polar surface area (TPSA) is 12.0 Å². The molecule has 1 nitrogen and oxygen atoms in total. The lowest BCUT2D eigenvalue weighted by molar-refractivity contribution is 0.159. The Balaban J connectivity index is 4.23. The van der Waals surface area contributed by atoms with Crippen molar-refractivity contribution in [2.45, 2.75) is 73.8 Å². The summed E-state index contributed by atoms with van der Waals surface area (Å²) in [5, 5.41) is 3.72. The summed E-state index contributed by atoms with van der Waals surface area (Å²) in [7, 11) is 0. The smallest absolute Gasteiger partial charge is 0.0130 e. The molecule has 1 unspecified atom stereocenters. The Bertz CT molecular complexity index is 192. The highest BCUT2D eigenvalue weighted by atomic mass is 15.0. The molecule has 0 saturated carbocycles. The van der Waals surface area contributed by atoms with E-state index in [0.717, 1.165) is 18.4 Å². The van der Waals surface area contributed by atoms with Gasteiger partial charge in [-0.05, 0) is 44.1 Å². The molecule has 0 aliphatic heterocycles. The molecule has 0 rings (SSSR count). The van der Waals surface area contributed by atoms with Gasteiger partial charge in [-0.15, -0.1) is 0 Å². The Kier molecular flexibility index (Phi) is 6.03. The minimum absolute atomic E-state index is 0.247. The van der Waals surface area contributed by atoms with E-state index in [0.29, 0.717) is 5.41 Å². The van der Waals surface area contributed by atoms with Gasteiger partial charge in [-0.1, -0.05) is 48.0 Å². The average Bonchev–Trinajstić information content (AvgIpc) is 2.12. The average molecular weight is 227 g/mol. The SMILES string of the molecule is CCC(C)CNC(C)(C)CC(C)(C)C(C)C. The highest BCUT2D eigenvalue weighted by Crippen LogP contribution is 2.34. The highest BCUT2D eigenvalue weighted by molar-refractivity contribution is 4.87. The molecule has 0 radical (unpaired) electrons. The first kappa shape index (κ1) is 16.0. The van der Waals surface area contributed by atoms with Crippen LogP contribution in [0.1, 0.15) is 68.2 Å². The Morgan fingerprint density at radius 1 is 1.00 bits per heavy atom. The van der Waals surface area contributed by atoms with Crippen LogP contribution in [0.15, 0.2) is 0 Å². The van der Waals surface area contributed by atoms with Crippen molar-refractivity contribution in [2.75, 3.05) is 6.54 Å². The van der Waals surface area contributed by atoms with Gasteiger partial charge in [0.1, 0.15) is 0 Å². The van der Waals surface area contributed by atoms with Gasteiger partial charge < -0.3 is 5.32 Å². The summed E-state index contributed by atoms with van der Waals surface area (Å²) in [5.74, 6) is 1.51. The first-order valence-electron chi connectivity index (χ1n) is 6.85. The fraction of sp³-hybridized carbons (Fsp3) is 1.00. The van der Waals surface area contributed by atoms with Gasteiger partial charge in [0.2, 0.25) is 0 Å². The van der Waals surface area contributed by atoms with Crippen LogP contribution in [-0.2, 0) is 0 Å². The van der Waals surface area contributed by atoms with E-state index in [1.54, 1.807) is 0 Å². The summed E-state index contributed by atoms with van der Waals surface area (Å²) in [6.07, 6.45) is 2.49. The molecule has 98 valence electrons. The van der Waals surface area contributed by atoms with Crippen LogP contribution in [0.3, 0.4) is 0 Å². The summed E-state index contributed by atoms with van der Waals surface area (Å²) in [4.78, 5) is 0. The molecule has 1 N–H and O–H groups in total. The van der Waals surface area contributed by atoms with Crippen molar-refractivity contribution in [1.82, 2.24) is 5.32 Å². The van der Waals surface area contributed by atoms with Gasteiger partial charge in [0.05, 0.1) is 0 Å². The largest absolute Gasteiger partial charge is 0.312 e. The van der Waals surface area contributed by atoms with E-state index < -0.39 is 0 Å². The number of hydrogen-bond acceptors (Lipinski definition) is 1. The van der Waals surface area contributed by atoms with Gasteiger partial charge in [-0.3, -0.25) is 0 Å². The number of hydrogen-bond donors (Lipinski definition) is 1. The summed E-state index contributed by atoms with van der Waals surface area (Å²) in [5.41, 5.74) is 0.656. The minimum atomic E-state index is 0.247. The summed E-state index contributed by atoms with van der Waals surface area (Å²) in [6.45, 7) is 19.8. The summed E-state index contributed by atoms with van der Waals surface area (Å²) in [6, 6.07) is 0. The van der Waals surface area contributed by atoms with Crippen LogP contribution >= 0.6 is 0 Å². The maximum absolute atomic E-state index is 3.72. The molecule has 1 atom stereocenters. The zero-order chi connectivity index (χ0) is 13.0. The molecule has 1 heteroatoms. The molecule has 0 bridgehead atoms. The molecule has 0 heterocycles. The van der Waals surface area contributed by atoms with E-state index in [2.05, 4.69) is 60.7 Å². The lowest BCUT2D eigenvalue weighted by atomic mass is 9.72. The van der Waals surface area contributed by atoms with Crippen molar-refractivity contribution in [2.24, 2.45) is 17.3 Å². The van der Waals surface area contributed by atoms with Crippen molar-refractivity contribution in [3.05, 3.63) is 0 Å². The predicted octanol–water partition coefficient (Wildman–Crippen LogP) is 4.47. The third-order valence-electron chi connectivity index (χ3n) is 4.09. The third-order valence-corrected chi connectivity index (χ3v) is 4.09. The molecule has 0 aliphatic carbocycles. The molecule has 0 aliphatic rings. The van der Waals surface area contributed by atoms with Crippen LogP contribution < -0.4 is 5.32 Å². The summed E-state index contributed by atoms with van der Waals surface area (Å²) < 4.78 is 0. The van der Waals surface area contributed by atoms with Crippen LogP contribution in [0.5, 0.6) is 0 Å². The first-order valence-corrected chi connectivity index (χ1v) is 6.85. The first-order chi connectivity index (χ1) is 7.10. The van der Waals surface area contributed by atoms with E-state index in [1.165, 1.54) is 12.8 Å². The maximum atomic E-state index is 3.72. The van der Waals surface area contributed by atoms with Crippen molar-refractivity contribution in [1.29, 1.82) is 0 Å². The number of nitrogens with one attached hydrogen (secondary N) is 1. The van der Waals surface area contributed by atoms with Gasteiger partial charge in [0, 0.05) is 5.54 Å². The quantitative estimate of drug-likeness (QED) is 0.676. The Hall–Kier alpha value is -0.0400. The van der Waals surface area contributed by atoms with E-state index in [-0.39, 0.29) is 5.54 Å². The fourth-order valence-electron chi connectivity index (χ4n) is 2.00. The van der Waals surface area contributed by atoms with Crippen molar-refractivity contribution >= 4 is 0 Å². The maximum Gasteiger partial charge on any atom is 0.0130 e. The zero-order valence-corrected chi connectivity index (χ0v) is 12.8. The van der Waals surface area contributed by atoms with Gasteiger partial charge in [-0.2, -0.15) is 0 Å². The van der Waals surface area contributed by atoms with Crippen molar-refractivity contribution in [3.8, 4) is 0 Å². The molecule has 0 aromatic heterocycles. The molecule has 0 aromatic rings. The molecule has 0 amide bonds. The Morgan fingerprint density at radius 2 is 1.50 bits per heavy atom. The molecule has 16 heavy (non-hydrogen) atoms. The second-order valence-electron chi connectivity index (χ2n) is 7.10. The molecular weight excluding hydrogens is 194 g/mol. The monoisotopic (exact) mass is 227 g/mol. The fourth-order valence-corrected chi connectivity index (χ4v) is 2.00. The van der Waals surface area contributed by atoms with Crippen LogP contribution in [0.2, 0.25) is 0 Å². The molecule has 0 spiro atoms. The lowest BCUT2D eigenvalue weighted by Crippen LogP contribution is -2.45. The standard InChI is InChI=1S/C15H33N/c1-9-13(4)10-16-15(7,8)11-14(5,6)12(2)3/h12-13,16H,9-11H2,1-8H3. The molecular formula is C15H33N. The van der Waals surface area contributed by atoms with Gasteiger partial charge in [-0.25, -0.2) is 0 Å². The van der Waals surface area contributed by atoms with E-state index >= 15 is 0 Å². The van der Waals surface area contributed by atoms with Crippen LogP contribution in [0.25, 0.3) is 0 Å². The summed E-state index contributed by atoms with van der Waals surface area (Å²) >= 11 is 0. The van der Waals surface area contributed by atoms with Crippen LogP contribution in [0.4, 0.5) is 0 Å². The molecule has 0 aromatic carbocycles. The predicted molar refractivity (Wildman–Crippen MR) is 74.8 cm³/mol. The normalized spacial score (nSPS) is 15.6. The van der Waals surface area contributed by atoms with Crippen LogP contribution in [-0.4, -0.2) is 12.1 Å². The van der Waals surface area contributed by atoms with E-state index in [1.807, 2.05) is 0 Å². The Labute approximate surface area is 103 Å². The zero-order valence-electron chi connectivity index (χ0n) is 12.8. The lowest BCUT2D eigenvalue weighted by Gasteiger charge is -2.39. The van der Waals surface area contributed by atoms with Crippen molar-refractivity contribution < 1.29 is 0 Å². The Morgan fingerprint density at radius 3 is 1.88 bits per heavy atom. The highest BCUT2D eigenvalue weighted by Gasteiger charge is 2.30. The second kappa shape index (κ2) is 6.05. The second-order valence-corrected chi connectivity index (χ2v) is 7.10. The van der Waals surface area contributed by atoms with Crippen molar-refractivity contribution in [3.63, 3.8) is 0 Å². The third kappa shape index (κ3) is 5.89. The molecule has 0 fully saturated rings. The minimum Gasteiger partial charge on any atom is -0.312 e. The van der Waals surface area contributed by atoms with Gasteiger partial charge >= 0.3 is 0 Å². The van der Waals surface area contributed by atoms with E-state index in [4.69, 9.17) is 0 Å². The van der Waals surface area contributed by atoms with Crippen LogP contribution in [0, 0.1) is 17.3 Å². The number of rotatable bonds is 7. The molecule has 0 saturated heterocycles. The van der Waals surface area contributed by atoms with Gasteiger partial charge in [0.15, 0.2) is 0 Å².